The number of carbonyl (C=O) groups is 1. The molecule has 0 saturated carbocycles. The molecule has 1 N–H and O–H groups in total. The third-order valence-electron chi connectivity index (χ3n) is 5.08. The number of fused-ring (bicyclic) bond motifs is 2. The second-order valence-electron chi connectivity index (χ2n) is 7.43. The van der Waals surface area contributed by atoms with Crippen molar-refractivity contribution in [3.05, 3.63) is 41.1 Å². The molecule has 1 aromatic heterocycles. The SMILES string of the molecule is O=C(N[C@H]1COc2ccc(CC(F)F)cc2C1)c1cc2n(n1)C[C@@H](CCOC(F)F)O2. The number of carbonyl (C=O) groups excluding carboxylic acids is 1. The van der Waals surface area contributed by atoms with Gasteiger partial charge in [-0.1, -0.05) is 12.1 Å². The van der Waals surface area contributed by atoms with E-state index in [0.29, 0.717) is 30.2 Å². The summed E-state index contributed by atoms with van der Waals surface area (Å²) in [7, 11) is 0. The molecule has 1 amide bonds. The first-order chi connectivity index (χ1) is 14.9. The van der Waals surface area contributed by atoms with Gasteiger partial charge < -0.3 is 19.5 Å². The quantitative estimate of drug-likeness (QED) is 0.636. The van der Waals surface area contributed by atoms with Crippen LogP contribution in [0, 0.1) is 0 Å². The van der Waals surface area contributed by atoms with Gasteiger partial charge in [-0.2, -0.15) is 13.9 Å². The Labute approximate surface area is 175 Å². The number of ether oxygens (including phenoxy) is 3. The van der Waals surface area contributed by atoms with E-state index in [4.69, 9.17) is 9.47 Å². The van der Waals surface area contributed by atoms with E-state index in [1.807, 2.05) is 0 Å². The predicted octanol–water partition coefficient (Wildman–Crippen LogP) is 2.81. The van der Waals surface area contributed by atoms with E-state index in [-0.39, 0.29) is 43.9 Å². The smallest absolute Gasteiger partial charge is 0.345 e. The Hall–Kier alpha value is -2.82. The first-order valence-electron chi connectivity index (χ1n) is 9.85. The van der Waals surface area contributed by atoms with Crippen LogP contribution in [0.1, 0.15) is 28.0 Å². The lowest BCUT2D eigenvalue weighted by Crippen LogP contribution is -2.43. The van der Waals surface area contributed by atoms with Gasteiger partial charge in [0.25, 0.3) is 5.91 Å². The Kier molecular flexibility index (Phi) is 6.30. The van der Waals surface area contributed by atoms with Crippen LogP contribution in [-0.4, -0.2) is 54.1 Å². The Balaban J connectivity index is 1.31. The molecule has 4 rings (SSSR count). The Morgan fingerprint density at radius 2 is 2.13 bits per heavy atom. The third kappa shape index (κ3) is 5.27. The number of nitrogens with one attached hydrogen (secondary N) is 1. The number of hydrogen-bond acceptors (Lipinski definition) is 5. The standard InChI is InChI=1S/C20H21F4N3O4/c21-17(22)6-11-1-2-16-12(5-11)7-13(10-30-16)25-19(28)15-8-18-27(26-15)9-14(31-18)3-4-29-20(23)24/h1-2,5,8,13-14,17,20H,3-4,6-7,9-10H2,(H,25,28)/t13-,14-/m1/s1. The van der Waals surface area contributed by atoms with Crippen molar-refractivity contribution in [3.63, 3.8) is 0 Å². The van der Waals surface area contributed by atoms with Crippen LogP contribution >= 0.6 is 0 Å². The normalized spacial score (nSPS) is 19.7. The van der Waals surface area contributed by atoms with Crippen molar-refractivity contribution < 1.29 is 36.6 Å². The van der Waals surface area contributed by atoms with Crippen LogP contribution in [0.4, 0.5) is 17.6 Å². The minimum Gasteiger partial charge on any atom is -0.491 e. The molecule has 11 heteroatoms. The van der Waals surface area contributed by atoms with Gasteiger partial charge >= 0.3 is 6.61 Å². The Bertz CT molecular complexity index is 914. The van der Waals surface area contributed by atoms with Crippen LogP contribution in [0.25, 0.3) is 0 Å². The summed E-state index contributed by atoms with van der Waals surface area (Å²) in [6.07, 6.45) is -2.38. The van der Waals surface area contributed by atoms with Crippen LogP contribution in [0.3, 0.4) is 0 Å². The average molecular weight is 443 g/mol. The van der Waals surface area contributed by atoms with Gasteiger partial charge in [0.05, 0.1) is 19.2 Å². The van der Waals surface area contributed by atoms with Gasteiger partial charge in [0, 0.05) is 18.9 Å². The molecule has 0 saturated heterocycles. The molecule has 31 heavy (non-hydrogen) atoms. The molecule has 1 aromatic carbocycles. The number of amides is 1. The molecule has 3 heterocycles. The molecule has 0 unspecified atom stereocenters. The topological polar surface area (TPSA) is 74.6 Å². The average Bonchev–Trinajstić information content (AvgIpc) is 3.26. The summed E-state index contributed by atoms with van der Waals surface area (Å²) in [5.74, 6) is 0.595. The van der Waals surface area contributed by atoms with Crippen LogP contribution in [0.2, 0.25) is 0 Å². The van der Waals surface area contributed by atoms with Gasteiger partial charge in [-0.05, 0) is 23.6 Å². The van der Waals surface area contributed by atoms with Crippen LogP contribution in [0.15, 0.2) is 24.3 Å². The molecular formula is C20H21F4N3O4. The van der Waals surface area contributed by atoms with E-state index >= 15 is 0 Å². The monoisotopic (exact) mass is 443 g/mol. The molecule has 7 nitrogen and oxygen atoms in total. The molecule has 0 aliphatic carbocycles. The second kappa shape index (κ2) is 9.13. The zero-order valence-corrected chi connectivity index (χ0v) is 16.4. The fraction of sp³-hybridized carbons (Fsp3) is 0.500. The van der Waals surface area contributed by atoms with Crippen molar-refractivity contribution in [1.82, 2.24) is 15.1 Å². The molecule has 168 valence electrons. The van der Waals surface area contributed by atoms with Crippen molar-refractivity contribution in [3.8, 4) is 11.6 Å². The summed E-state index contributed by atoms with van der Waals surface area (Å²) >= 11 is 0. The summed E-state index contributed by atoms with van der Waals surface area (Å²) in [6, 6.07) is 6.12. The fourth-order valence-corrected chi connectivity index (χ4v) is 3.68. The number of alkyl halides is 4. The number of aromatic nitrogens is 2. The molecule has 2 aliphatic rings. The van der Waals surface area contributed by atoms with Crippen LogP contribution in [0.5, 0.6) is 11.6 Å². The number of rotatable bonds is 8. The van der Waals surface area contributed by atoms with E-state index in [1.54, 1.807) is 18.2 Å². The number of halogens is 4. The molecule has 0 bridgehead atoms. The molecule has 2 aliphatic heterocycles. The molecule has 0 fully saturated rings. The molecular weight excluding hydrogens is 422 g/mol. The number of hydrogen-bond donors (Lipinski definition) is 1. The molecule has 2 aromatic rings. The summed E-state index contributed by atoms with van der Waals surface area (Å²) in [5, 5.41) is 7.04. The fourth-order valence-electron chi connectivity index (χ4n) is 3.68. The van der Waals surface area contributed by atoms with Crippen molar-refractivity contribution in [2.24, 2.45) is 0 Å². The largest absolute Gasteiger partial charge is 0.491 e. The van der Waals surface area contributed by atoms with Gasteiger partial charge in [-0.15, -0.1) is 0 Å². The van der Waals surface area contributed by atoms with E-state index < -0.39 is 18.9 Å². The highest BCUT2D eigenvalue weighted by Gasteiger charge is 2.28. The maximum atomic E-state index is 12.6. The summed E-state index contributed by atoms with van der Waals surface area (Å²) in [6.45, 7) is -2.37. The zero-order chi connectivity index (χ0) is 22.0. The number of nitrogens with zero attached hydrogens (tertiary/aromatic N) is 2. The highest BCUT2D eigenvalue weighted by atomic mass is 19.3. The Morgan fingerprint density at radius 3 is 2.87 bits per heavy atom. The van der Waals surface area contributed by atoms with Gasteiger partial charge in [0.15, 0.2) is 5.69 Å². The number of benzene rings is 1. The summed E-state index contributed by atoms with van der Waals surface area (Å²) < 4.78 is 66.3. The molecule has 0 radical (unpaired) electrons. The van der Waals surface area contributed by atoms with E-state index in [1.165, 1.54) is 10.7 Å². The predicted molar refractivity (Wildman–Crippen MR) is 99.8 cm³/mol. The van der Waals surface area contributed by atoms with Gasteiger partial charge in [-0.3, -0.25) is 4.79 Å². The zero-order valence-electron chi connectivity index (χ0n) is 16.4. The summed E-state index contributed by atoms with van der Waals surface area (Å²) in [5.41, 5.74) is 1.44. The Morgan fingerprint density at radius 1 is 1.29 bits per heavy atom. The van der Waals surface area contributed by atoms with Gasteiger partial charge in [0.2, 0.25) is 12.3 Å². The lowest BCUT2D eigenvalue weighted by Gasteiger charge is -2.26. The maximum absolute atomic E-state index is 12.6. The highest BCUT2D eigenvalue weighted by molar-refractivity contribution is 5.92. The lowest BCUT2D eigenvalue weighted by molar-refractivity contribution is -0.132. The lowest BCUT2D eigenvalue weighted by atomic mass is 9.99. The van der Waals surface area contributed by atoms with E-state index in [2.05, 4.69) is 15.2 Å². The first kappa shape index (κ1) is 21.4. The minimum atomic E-state index is -2.82. The van der Waals surface area contributed by atoms with Gasteiger partial charge in [0.1, 0.15) is 18.5 Å². The summed E-state index contributed by atoms with van der Waals surface area (Å²) in [4.78, 5) is 12.6. The van der Waals surface area contributed by atoms with Gasteiger partial charge in [-0.25, -0.2) is 13.5 Å². The third-order valence-corrected chi connectivity index (χ3v) is 5.08. The van der Waals surface area contributed by atoms with E-state index in [0.717, 1.165) is 5.56 Å². The maximum Gasteiger partial charge on any atom is 0.345 e. The first-order valence-corrected chi connectivity index (χ1v) is 9.85. The molecule has 0 spiro atoms. The van der Waals surface area contributed by atoms with Crippen LogP contribution < -0.4 is 14.8 Å². The highest BCUT2D eigenvalue weighted by Crippen LogP contribution is 2.28. The van der Waals surface area contributed by atoms with E-state index in [9.17, 15) is 22.4 Å². The second-order valence-corrected chi connectivity index (χ2v) is 7.43. The molecule has 2 atom stereocenters. The van der Waals surface area contributed by atoms with Crippen molar-refractivity contribution >= 4 is 5.91 Å². The van der Waals surface area contributed by atoms with Crippen molar-refractivity contribution in [1.29, 1.82) is 0 Å². The van der Waals surface area contributed by atoms with Crippen LogP contribution in [-0.2, 0) is 24.1 Å². The van der Waals surface area contributed by atoms with Crippen molar-refractivity contribution in [2.45, 2.75) is 51.0 Å². The van der Waals surface area contributed by atoms with Crippen molar-refractivity contribution in [2.75, 3.05) is 13.2 Å². The minimum absolute atomic E-state index is 0.136.